The zero-order chi connectivity index (χ0) is 17.5. The molecule has 0 aliphatic rings. The normalized spacial score (nSPS) is 11.5. The molecule has 1 aromatic carbocycles. The van der Waals surface area contributed by atoms with Gasteiger partial charge in [0, 0.05) is 6.20 Å². The number of aryl methyl sites for hydroxylation is 2. The Morgan fingerprint density at radius 1 is 1.17 bits per heavy atom. The summed E-state index contributed by atoms with van der Waals surface area (Å²) < 4.78 is 10.2. The lowest BCUT2D eigenvalue weighted by atomic mass is 10.1. The summed E-state index contributed by atoms with van der Waals surface area (Å²) in [5.41, 5.74) is 2.50. The molecule has 1 amide bonds. The van der Waals surface area contributed by atoms with E-state index in [0.717, 1.165) is 11.1 Å². The smallest absolute Gasteiger partial charge is 0.334 e. The van der Waals surface area contributed by atoms with Crippen LogP contribution in [0.5, 0.6) is 5.75 Å². The predicted molar refractivity (Wildman–Crippen MR) is 88.5 cm³/mol. The van der Waals surface area contributed by atoms with Gasteiger partial charge in [0.1, 0.15) is 5.75 Å². The van der Waals surface area contributed by atoms with Crippen LogP contribution >= 0.6 is 0 Å². The predicted octanol–water partition coefficient (Wildman–Crippen LogP) is 2.11. The first-order valence-electron chi connectivity index (χ1n) is 7.49. The van der Waals surface area contributed by atoms with Gasteiger partial charge < -0.3 is 14.8 Å². The molecule has 2 rings (SSSR count). The summed E-state index contributed by atoms with van der Waals surface area (Å²) in [6.45, 7) is 3.70. The number of aromatic nitrogens is 1. The molecule has 0 aliphatic heterocycles. The average Bonchev–Trinajstić information content (AvgIpc) is 2.57. The Morgan fingerprint density at radius 2 is 1.88 bits per heavy atom. The number of carbonyl (C=O) groups is 2. The van der Waals surface area contributed by atoms with Crippen LogP contribution in [-0.4, -0.2) is 30.6 Å². The fourth-order valence-corrected chi connectivity index (χ4v) is 2.29. The molecular weight excluding hydrogens is 308 g/mol. The van der Waals surface area contributed by atoms with Crippen molar-refractivity contribution in [2.45, 2.75) is 19.9 Å². The second kappa shape index (κ2) is 8.10. The monoisotopic (exact) mass is 328 g/mol. The molecule has 2 aromatic rings. The van der Waals surface area contributed by atoms with Crippen LogP contribution in [0, 0.1) is 13.8 Å². The number of hydrogen-bond donors (Lipinski definition) is 1. The first kappa shape index (κ1) is 17.5. The molecule has 0 radical (unpaired) electrons. The number of ether oxygens (including phenoxy) is 2. The number of nitrogens with one attached hydrogen (secondary N) is 1. The van der Waals surface area contributed by atoms with Crippen molar-refractivity contribution in [1.29, 1.82) is 0 Å². The summed E-state index contributed by atoms with van der Waals surface area (Å²) in [6, 6.07) is 9.84. The zero-order valence-corrected chi connectivity index (χ0v) is 13.9. The number of amides is 1. The van der Waals surface area contributed by atoms with Gasteiger partial charge in [-0.2, -0.15) is 0 Å². The van der Waals surface area contributed by atoms with Crippen LogP contribution in [0.4, 0.5) is 0 Å². The van der Waals surface area contributed by atoms with E-state index in [1.54, 1.807) is 24.4 Å². The molecule has 6 nitrogen and oxygen atoms in total. The van der Waals surface area contributed by atoms with Crippen molar-refractivity contribution in [3.63, 3.8) is 0 Å². The highest BCUT2D eigenvalue weighted by Crippen LogP contribution is 2.16. The van der Waals surface area contributed by atoms with Gasteiger partial charge in [-0.05, 0) is 49.2 Å². The van der Waals surface area contributed by atoms with Crippen LogP contribution in [0.1, 0.15) is 22.9 Å². The Morgan fingerprint density at radius 3 is 2.46 bits per heavy atom. The van der Waals surface area contributed by atoms with Crippen molar-refractivity contribution in [3.8, 4) is 5.75 Å². The van der Waals surface area contributed by atoms with E-state index in [2.05, 4.69) is 10.3 Å². The molecular formula is C18H20N2O4. The van der Waals surface area contributed by atoms with Crippen LogP contribution in [0.3, 0.4) is 0 Å². The van der Waals surface area contributed by atoms with E-state index >= 15 is 0 Å². The van der Waals surface area contributed by atoms with Gasteiger partial charge in [0.15, 0.2) is 12.6 Å². The van der Waals surface area contributed by atoms with Crippen LogP contribution in [-0.2, 0) is 14.3 Å². The standard InChI is InChI=1S/C18H20N2O4/c1-12-8-13(2)10-14(9-12)24-11-16(21)20-17(18(22)23-3)15-6-4-5-7-19-15/h4-10,17H,11H2,1-3H3,(H,20,21). The summed E-state index contributed by atoms with van der Waals surface area (Å²) in [4.78, 5) is 28.1. The van der Waals surface area contributed by atoms with Crippen molar-refractivity contribution >= 4 is 11.9 Å². The Bertz CT molecular complexity index is 696. The van der Waals surface area contributed by atoms with E-state index in [1.807, 2.05) is 32.0 Å². The van der Waals surface area contributed by atoms with E-state index in [9.17, 15) is 9.59 Å². The SMILES string of the molecule is COC(=O)C(NC(=O)COc1cc(C)cc(C)c1)c1ccccn1. The molecule has 24 heavy (non-hydrogen) atoms. The van der Waals surface area contributed by atoms with Crippen molar-refractivity contribution in [3.05, 3.63) is 59.4 Å². The Kier molecular flexibility index (Phi) is 5.89. The third-order valence-corrected chi connectivity index (χ3v) is 3.29. The second-order valence-electron chi connectivity index (χ2n) is 5.39. The minimum Gasteiger partial charge on any atom is -0.484 e. The lowest BCUT2D eigenvalue weighted by molar-refractivity contribution is -0.145. The highest BCUT2D eigenvalue weighted by molar-refractivity contribution is 5.85. The maximum atomic E-state index is 12.1. The largest absolute Gasteiger partial charge is 0.484 e. The molecule has 1 aromatic heterocycles. The lowest BCUT2D eigenvalue weighted by Gasteiger charge is -2.16. The number of esters is 1. The topological polar surface area (TPSA) is 77.5 Å². The van der Waals surface area contributed by atoms with E-state index in [-0.39, 0.29) is 6.61 Å². The van der Waals surface area contributed by atoms with Crippen LogP contribution in [0.25, 0.3) is 0 Å². The Labute approximate surface area is 140 Å². The molecule has 0 fully saturated rings. The summed E-state index contributed by atoms with van der Waals surface area (Å²) in [5.74, 6) is -0.418. The fourth-order valence-electron chi connectivity index (χ4n) is 2.29. The molecule has 0 saturated carbocycles. The first-order valence-corrected chi connectivity index (χ1v) is 7.49. The number of rotatable bonds is 6. The van der Waals surface area contributed by atoms with Crippen LogP contribution < -0.4 is 10.1 Å². The summed E-state index contributed by atoms with van der Waals surface area (Å²) >= 11 is 0. The van der Waals surface area contributed by atoms with Gasteiger partial charge in [-0.1, -0.05) is 12.1 Å². The third-order valence-electron chi connectivity index (χ3n) is 3.29. The molecule has 0 saturated heterocycles. The summed E-state index contributed by atoms with van der Waals surface area (Å²) in [5, 5.41) is 2.58. The van der Waals surface area contributed by atoms with Gasteiger partial charge >= 0.3 is 5.97 Å². The fraction of sp³-hybridized carbons (Fsp3) is 0.278. The maximum absolute atomic E-state index is 12.1. The van der Waals surface area contributed by atoms with E-state index in [0.29, 0.717) is 11.4 Å². The number of carbonyl (C=O) groups excluding carboxylic acids is 2. The van der Waals surface area contributed by atoms with Gasteiger partial charge in [-0.3, -0.25) is 9.78 Å². The minimum atomic E-state index is -0.966. The number of methoxy groups -OCH3 is 1. The minimum absolute atomic E-state index is 0.205. The highest BCUT2D eigenvalue weighted by atomic mass is 16.5. The third kappa shape index (κ3) is 4.81. The molecule has 0 aliphatic carbocycles. The van der Waals surface area contributed by atoms with Crippen molar-refractivity contribution in [1.82, 2.24) is 10.3 Å². The van der Waals surface area contributed by atoms with Gasteiger partial charge in [0.05, 0.1) is 12.8 Å². The first-order chi connectivity index (χ1) is 11.5. The van der Waals surface area contributed by atoms with Crippen molar-refractivity contribution in [2.75, 3.05) is 13.7 Å². The molecule has 126 valence electrons. The van der Waals surface area contributed by atoms with Crippen molar-refractivity contribution in [2.24, 2.45) is 0 Å². The molecule has 6 heteroatoms. The quantitative estimate of drug-likeness (QED) is 0.822. The number of benzene rings is 1. The molecule has 1 unspecified atom stereocenters. The zero-order valence-electron chi connectivity index (χ0n) is 13.9. The van der Waals surface area contributed by atoms with Gasteiger partial charge in [0.25, 0.3) is 5.91 Å². The maximum Gasteiger partial charge on any atom is 0.334 e. The second-order valence-corrected chi connectivity index (χ2v) is 5.39. The molecule has 1 atom stereocenters. The Hall–Kier alpha value is -2.89. The summed E-state index contributed by atoms with van der Waals surface area (Å²) in [7, 11) is 1.26. The molecule has 0 bridgehead atoms. The van der Waals surface area contributed by atoms with E-state index < -0.39 is 17.9 Å². The lowest BCUT2D eigenvalue weighted by Crippen LogP contribution is -2.37. The van der Waals surface area contributed by atoms with Crippen LogP contribution in [0.2, 0.25) is 0 Å². The highest BCUT2D eigenvalue weighted by Gasteiger charge is 2.24. The van der Waals surface area contributed by atoms with E-state index in [1.165, 1.54) is 7.11 Å². The van der Waals surface area contributed by atoms with Crippen molar-refractivity contribution < 1.29 is 19.1 Å². The molecule has 0 spiro atoms. The summed E-state index contributed by atoms with van der Waals surface area (Å²) in [6.07, 6.45) is 1.55. The van der Waals surface area contributed by atoms with Gasteiger partial charge in [0.2, 0.25) is 0 Å². The van der Waals surface area contributed by atoms with Gasteiger partial charge in [-0.25, -0.2) is 4.79 Å². The number of pyridine rings is 1. The van der Waals surface area contributed by atoms with E-state index in [4.69, 9.17) is 9.47 Å². The molecule has 1 heterocycles. The van der Waals surface area contributed by atoms with Crippen LogP contribution in [0.15, 0.2) is 42.6 Å². The Balaban J connectivity index is 2.01. The molecule has 1 N–H and O–H groups in total. The number of hydrogen-bond acceptors (Lipinski definition) is 5. The van der Waals surface area contributed by atoms with Gasteiger partial charge in [-0.15, -0.1) is 0 Å². The average molecular weight is 328 g/mol. The number of nitrogens with zero attached hydrogens (tertiary/aromatic N) is 1.